The van der Waals surface area contributed by atoms with Crippen LogP contribution in [-0.4, -0.2) is 31.7 Å². The zero-order valence-corrected chi connectivity index (χ0v) is 11.8. The number of thiazole rings is 1. The first-order valence-electron chi connectivity index (χ1n) is 5.72. The Balaban J connectivity index is 2.24. The SMILES string of the molecule is COCC(=O)Nc1nc(-c2cc(F)ccc2OC)cs1. The van der Waals surface area contributed by atoms with E-state index < -0.39 is 0 Å². The molecule has 1 N–H and O–H groups in total. The van der Waals surface area contributed by atoms with Gasteiger partial charge in [0.25, 0.3) is 5.91 Å². The topological polar surface area (TPSA) is 60.5 Å². The molecule has 7 heteroatoms. The number of carbonyl (C=O) groups excluding carboxylic acids is 1. The molecule has 1 aromatic carbocycles. The summed E-state index contributed by atoms with van der Waals surface area (Å²) in [6.07, 6.45) is 0. The lowest BCUT2D eigenvalue weighted by Gasteiger charge is -2.05. The normalized spacial score (nSPS) is 10.3. The van der Waals surface area contributed by atoms with Gasteiger partial charge in [0, 0.05) is 18.1 Å². The smallest absolute Gasteiger partial charge is 0.252 e. The van der Waals surface area contributed by atoms with Gasteiger partial charge in [-0.3, -0.25) is 10.1 Å². The lowest BCUT2D eigenvalue weighted by Crippen LogP contribution is -2.16. The fourth-order valence-electron chi connectivity index (χ4n) is 1.62. The molecule has 1 amide bonds. The number of methoxy groups -OCH3 is 2. The molecule has 1 aromatic heterocycles. The number of nitrogens with one attached hydrogen (secondary N) is 1. The van der Waals surface area contributed by atoms with E-state index in [1.54, 1.807) is 5.38 Å². The van der Waals surface area contributed by atoms with Crippen molar-refractivity contribution in [2.45, 2.75) is 0 Å². The van der Waals surface area contributed by atoms with Gasteiger partial charge in [0.1, 0.15) is 18.2 Å². The van der Waals surface area contributed by atoms with Crippen molar-refractivity contribution in [1.29, 1.82) is 0 Å². The van der Waals surface area contributed by atoms with Crippen molar-refractivity contribution in [2.75, 3.05) is 26.1 Å². The third kappa shape index (κ3) is 3.31. The van der Waals surface area contributed by atoms with Crippen molar-refractivity contribution in [1.82, 2.24) is 4.98 Å². The summed E-state index contributed by atoms with van der Waals surface area (Å²) < 4.78 is 23.2. The van der Waals surface area contributed by atoms with Crippen LogP contribution < -0.4 is 10.1 Å². The summed E-state index contributed by atoms with van der Waals surface area (Å²) >= 11 is 1.25. The highest BCUT2D eigenvalue weighted by atomic mass is 32.1. The Morgan fingerprint density at radius 2 is 2.25 bits per heavy atom. The number of nitrogens with zero attached hydrogens (tertiary/aromatic N) is 1. The fraction of sp³-hybridized carbons (Fsp3) is 0.231. The average Bonchev–Trinajstić information content (AvgIpc) is 2.87. The summed E-state index contributed by atoms with van der Waals surface area (Å²) in [7, 11) is 2.94. The highest BCUT2D eigenvalue weighted by molar-refractivity contribution is 7.14. The molecule has 0 bridgehead atoms. The zero-order valence-electron chi connectivity index (χ0n) is 11.0. The maximum Gasteiger partial charge on any atom is 0.252 e. The van der Waals surface area contributed by atoms with Crippen molar-refractivity contribution in [3.05, 3.63) is 29.4 Å². The van der Waals surface area contributed by atoms with Crippen LogP contribution in [0.1, 0.15) is 0 Å². The molecule has 0 aliphatic heterocycles. The van der Waals surface area contributed by atoms with Gasteiger partial charge in [-0.1, -0.05) is 0 Å². The van der Waals surface area contributed by atoms with Gasteiger partial charge in [-0.25, -0.2) is 9.37 Å². The van der Waals surface area contributed by atoms with E-state index in [4.69, 9.17) is 9.47 Å². The number of aromatic nitrogens is 1. The molecule has 106 valence electrons. The molecule has 5 nitrogen and oxygen atoms in total. The Bertz CT molecular complexity index is 615. The third-order valence-corrected chi connectivity index (χ3v) is 3.22. The van der Waals surface area contributed by atoms with E-state index in [2.05, 4.69) is 10.3 Å². The van der Waals surface area contributed by atoms with Crippen LogP contribution in [0.5, 0.6) is 5.75 Å². The molecule has 2 aromatic rings. The minimum atomic E-state index is -0.376. The quantitative estimate of drug-likeness (QED) is 0.921. The van der Waals surface area contributed by atoms with Crippen LogP contribution in [0.2, 0.25) is 0 Å². The molecule has 0 aliphatic carbocycles. The van der Waals surface area contributed by atoms with Gasteiger partial charge in [0.15, 0.2) is 5.13 Å². The molecular formula is C13H13FN2O3S. The number of halogens is 1. The zero-order chi connectivity index (χ0) is 14.5. The van der Waals surface area contributed by atoms with Crippen LogP contribution in [0, 0.1) is 5.82 Å². The first-order chi connectivity index (χ1) is 9.63. The van der Waals surface area contributed by atoms with E-state index in [1.807, 2.05) is 0 Å². The maximum absolute atomic E-state index is 13.3. The Hall–Kier alpha value is -1.99. The molecule has 0 fully saturated rings. The van der Waals surface area contributed by atoms with E-state index in [9.17, 15) is 9.18 Å². The number of amides is 1. The summed E-state index contributed by atoms with van der Waals surface area (Å²) in [5, 5.41) is 4.74. The first-order valence-corrected chi connectivity index (χ1v) is 6.60. The minimum Gasteiger partial charge on any atom is -0.496 e. The summed E-state index contributed by atoms with van der Waals surface area (Å²) in [6, 6.07) is 4.19. The Kier molecular flexibility index (Phi) is 4.65. The molecule has 0 spiro atoms. The first kappa shape index (κ1) is 14.4. The van der Waals surface area contributed by atoms with Gasteiger partial charge in [0.05, 0.1) is 12.8 Å². The maximum atomic E-state index is 13.3. The van der Waals surface area contributed by atoms with Gasteiger partial charge in [-0.05, 0) is 18.2 Å². The van der Waals surface area contributed by atoms with E-state index in [1.165, 1.54) is 43.8 Å². The van der Waals surface area contributed by atoms with Crippen molar-refractivity contribution in [3.63, 3.8) is 0 Å². The van der Waals surface area contributed by atoms with E-state index in [0.29, 0.717) is 22.1 Å². The number of anilines is 1. The molecule has 0 saturated carbocycles. The summed E-state index contributed by atoms with van der Waals surface area (Å²) in [6.45, 7) is -0.0435. The monoisotopic (exact) mass is 296 g/mol. The molecule has 0 radical (unpaired) electrons. The van der Waals surface area contributed by atoms with Gasteiger partial charge in [-0.2, -0.15) is 0 Å². The highest BCUT2D eigenvalue weighted by Crippen LogP contribution is 2.32. The molecule has 20 heavy (non-hydrogen) atoms. The van der Waals surface area contributed by atoms with Crippen LogP contribution >= 0.6 is 11.3 Å². The number of hydrogen-bond donors (Lipinski definition) is 1. The number of ether oxygens (including phenoxy) is 2. The molecule has 0 atom stereocenters. The number of rotatable bonds is 5. The van der Waals surface area contributed by atoms with E-state index in [0.717, 1.165) is 0 Å². The molecule has 0 aliphatic rings. The number of benzene rings is 1. The summed E-state index contributed by atoms with van der Waals surface area (Å²) in [4.78, 5) is 15.6. The molecule has 0 saturated heterocycles. The van der Waals surface area contributed by atoms with E-state index in [-0.39, 0.29) is 18.3 Å². The number of carbonyl (C=O) groups is 1. The van der Waals surface area contributed by atoms with Crippen molar-refractivity contribution < 1.29 is 18.7 Å². The number of hydrogen-bond acceptors (Lipinski definition) is 5. The lowest BCUT2D eigenvalue weighted by molar-refractivity contribution is -0.119. The molecular weight excluding hydrogens is 283 g/mol. The average molecular weight is 296 g/mol. The standard InChI is InChI=1S/C13H13FN2O3S/c1-18-6-12(17)16-13-15-10(7-20-13)9-5-8(14)3-4-11(9)19-2/h3-5,7H,6H2,1-2H3,(H,15,16,17). The van der Waals surface area contributed by atoms with Gasteiger partial charge in [0.2, 0.25) is 0 Å². The van der Waals surface area contributed by atoms with Crippen LogP contribution in [-0.2, 0) is 9.53 Å². The van der Waals surface area contributed by atoms with Crippen LogP contribution in [0.3, 0.4) is 0 Å². The molecule has 1 heterocycles. The summed E-state index contributed by atoms with van der Waals surface area (Å²) in [5.74, 6) is -0.148. The second kappa shape index (κ2) is 6.44. The fourth-order valence-corrected chi connectivity index (χ4v) is 2.35. The Morgan fingerprint density at radius 1 is 1.45 bits per heavy atom. The van der Waals surface area contributed by atoms with Crippen LogP contribution in [0.15, 0.2) is 23.6 Å². The van der Waals surface area contributed by atoms with Gasteiger partial charge < -0.3 is 9.47 Å². The van der Waals surface area contributed by atoms with E-state index >= 15 is 0 Å². The van der Waals surface area contributed by atoms with Gasteiger partial charge >= 0.3 is 0 Å². The summed E-state index contributed by atoms with van der Waals surface area (Å²) in [5.41, 5.74) is 1.08. The van der Waals surface area contributed by atoms with Crippen molar-refractivity contribution in [3.8, 4) is 17.0 Å². The largest absolute Gasteiger partial charge is 0.496 e. The van der Waals surface area contributed by atoms with Gasteiger partial charge in [-0.15, -0.1) is 11.3 Å². The second-order valence-electron chi connectivity index (χ2n) is 3.86. The van der Waals surface area contributed by atoms with Crippen LogP contribution in [0.25, 0.3) is 11.3 Å². The molecule has 2 rings (SSSR count). The predicted octanol–water partition coefficient (Wildman–Crippen LogP) is 2.54. The molecule has 0 unspecified atom stereocenters. The van der Waals surface area contributed by atoms with Crippen molar-refractivity contribution in [2.24, 2.45) is 0 Å². The lowest BCUT2D eigenvalue weighted by atomic mass is 10.1. The Morgan fingerprint density at radius 3 is 2.95 bits per heavy atom. The Labute approximate surface area is 119 Å². The van der Waals surface area contributed by atoms with Crippen LogP contribution in [0.4, 0.5) is 9.52 Å². The predicted molar refractivity (Wildman–Crippen MR) is 74.6 cm³/mol. The third-order valence-electron chi connectivity index (χ3n) is 2.46. The highest BCUT2D eigenvalue weighted by Gasteiger charge is 2.12. The van der Waals surface area contributed by atoms with Crippen molar-refractivity contribution >= 4 is 22.4 Å². The second-order valence-corrected chi connectivity index (χ2v) is 4.72. The minimum absolute atomic E-state index is 0.0435.